The van der Waals surface area contributed by atoms with Crippen LogP contribution in [0.4, 0.5) is 0 Å². The van der Waals surface area contributed by atoms with Gasteiger partial charge in [-0.1, -0.05) is 83.7 Å². The lowest BCUT2D eigenvalue weighted by molar-refractivity contribution is -0.147. The second kappa shape index (κ2) is 12.2. The minimum Gasteiger partial charge on any atom is -0.345 e. The average Bonchev–Trinajstić information content (AvgIpc) is 3.26. The van der Waals surface area contributed by atoms with Crippen molar-refractivity contribution in [3.63, 3.8) is 0 Å². The van der Waals surface area contributed by atoms with Crippen LogP contribution in [-0.4, -0.2) is 45.3 Å². The molecule has 5 nitrogen and oxygen atoms in total. The van der Waals surface area contributed by atoms with E-state index in [-0.39, 0.29) is 24.4 Å². The van der Waals surface area contributed by atoms with Crippen LogP contribution in [0, 0.1) is 5.41 Å². The lowest BCUT2D eigenvalue weighted by Crippen LogP contribution is -2.49. The number of nitrogens with zero attached hydrogens (tertiary/aromatic N) is 3. The van der Waals surface area contributed by atoms with Crippen LogP contribution < -0.4 is 0 Å². The summed E-state index contributed by atoms with van der Waals surface area (Å²) in [5, 5.41) is 0. The van der Waals surface area contributed by atoms with Crippen molar-refractivity contribution in [3.05, 3.63) is 59.9 Å². The molecule has 186 valence electrons. The molecule has 0 spiro atoms. The number of carbonyl (C=O) groups is 2. The van der Waals surface area contributed by atoms with E-state index in [9.17, 15) is 9.59 Å². The highest BCUT2D eigenvalue weighted by atomic mass is 16.2. The van der Waals surface area contributed by atoms with Gasteiger partial charge in [-0.3, -0.25) is 9.59 Å². The third-order valence-electron chi connectivity index (χ3n) is 6.82. The predicted molar refractivity (Wildman–Crippen MR) is 138 cm³/mol. The maximum absolute atomic E-state index is 13.8. The molecule has 0 unspecified atom stereocenters. The Morgan fingerprint density at radius 1 is 1.00 bits per heavy atom. The van der Waals surface area contributed by atoms with Crippen molar-refractivity contribution >= 4 is 11.8 Å². The highest BCUT2D eigenvalue weighted by Crippen LogP contribution is 2.26. The van der Waals surface area contributed by atoms with E-state index in [0.29, 0.717) is 13.1 Å². The minimum atomic E-state index is -0.492. The van der Waals surface area contributed by atoms with Crippen molar-refractivity contribution in [2.45, 2.75) is 91.8 Å². The van der Waals surface area contributed by atoms with Gasteiger partial charge in [-0.2, -0.15) is 0 Å². The number of hydrogen-bond donors (Lipinski definition) is 0. The summed E-state index contributed by atoms with van der Waals surface area (Å²) < 4.78 is 2.24. The molecule has 1 aromatic carbocycles. The smallest absolute Gasteiger partial charge is 0.242 e. The van der Waals surface area contributed by atoms with Crippen LogP contribution in [0.25, 0.3) is 0 Å². The van der Waals surface area contributed by atoms with Gasteiger partial charge in [-0.05, 0) is 37.0 Å². The number of rotatable bonds is 10. The summed E-state index contributed by atoms with van der Waals surface area (Å²) in [6, 6.07) is 14.9. The van der Waals surface area contributed by atoms with Crippen LogP contribution >= 0.6 is 0 Å². The fourth-order valence-corrected chi connectivity index (χ4v) is 4.85. The Hall–Kier alpha value is -2.56. The Morgan fingerprint density at radius 2 is 1.71 bits per heavy atom. The molecule has 1 heterocycles. The van der Waals surface area contributed by atoms with Crippen molar-refractivity contribution in [1.29, 1.82) is 0 Å². The summed E-state index contributed by atoms with van der Waals surface area (Å²) in [7, 11) is 0. The molecule has 2 amide bonds. The van der Waals surface area contributed by atoms with E-state index in [1.54, 1.807) is 4.90 Å². The van der Waals surface area contributed by atoms with Crippen molar-refractivity contribution in [1.82, 2.24) is 14.4 Å². The number of benzene rings is 1. The molecule has 1 aliphatic rings. The van der Waals surface area contributed by atoms with Crippen molar-refractivity contribution in [3.8, 4) is 0 Å². The summed E-state index contributed by atoms with van der Waals surface area (Å²) in [5.74, 6) is 0.137. The van der Waals surface area contributed by atoms with Gasteiger partial charge >= 0.3 is 0 Å². The van der Waals surface area contributed by atoms with Crippen LogP contribution in [0.2, 0.25) is 0 Å². The molecule has 0 saturated heterocycles. The van der Waals surface area contributed by atoms with Gasteiger partial charge in [0.2, 0.25) is 11.8 Å². The number of hydrogen-bond acceptors (Lipinski definition) is 2. The lowest BCUT2D eigenvalue weighted by Gasteiger charge is -2.37. The third kappa shape index (κ3) is 7.22. The standard InChI is InChI=1S/C29H43N3O2/c1-5-6-19-31(28(34)29(2,3)4)23-27(33)32(25-16-11-8-12-17-25)22-26-18-13-20-30(26)21-24-14-9-7-10-15-24/h7,9-10,13-15,18,20,25H,5-6,8,11-12,16-17,19,21-23H2,1-4H3. The molecule has 3 rings (SSSR count). The Morgan fingerprint density at radius 3 is 2.35 bits per heavy atom. The second-order valence-corrected chi connectivity index (χ2v) is 10.8. The van der Waals surface area contributed by atoms with Crippen LogP contribution in [0.3, 0.4) is 0 Å². The summed E-state index contributed by atoms with van der Waals surface area (Å²) in [4.78, 5) is 30.8. The second-order valence-electron chi connectivity index (χ2n) is 10.8. The molecule has 0 N–H and O–H groups in total. The Bertz CT molecular complexity index is 907. The van der Waals surface area contributed by atoms with Crippen LogP contribution in [-0.2, 0) is 22.7 Å². The molecule has 0 aliphatic heterocycles. The van der Waals surface area contributed by atoms with Gasteiger partial charge in [0.1, 0.15) is 0 Å². The van der Waals surface area contributed by atoms with Gasteiger partial charge in [-0.25, -0.2) is 0 Å². The van der Waals surface area contributed by atoms with Crippen LogP contribution in [0.15, 0.2) is 48.7 Å². The molecule has 0 radical (unpaired) electrons. The quantitative estimate of drug-likeness (QED) is 0.440. The molecule has 1 aliphatic carbocycles. The van der Waals surface area contributed by atoms with Crippen molar-refractivity contribution < 1.29 is 9.59 Å². The first-order valence-electron chi connectivity index (χ1n) is 13.1. The minimum absolute atomic E-state index is 0.0605. The monoisotopic (exact) mass is 465 g/mol. The van der Waals surface area contributed by atoms with Gasteiger partial charge < -0.3 is 14.4 Å². The highest BCUT2D eigenvalue weighted by Gasteiger charge is 2.32. The SMILES string of the molecule is CCCCN(CC(=O)N(Cc1cccn1Cc1ccccc1)C1CCCCC1)C(=O)C(C)(C)C. The van der Waals surface area contributed by atoms with E-state index in [1.807, 2.05) is 26.8 Å². The molecule has 5 heteroatoms. The molecule has 34 heavy (non-hydrogen) atoms. The van der Waals surface area contributed by atoms with E-state index in [0.717, 1.165) is 37.9 Å². The third-order valence-corrected chi connectivity index (χ3v) is 6.82. The summed E-state index contributed by atoms with van der Waals surface area (Å²) in [6.07, 6.45) is 9.69. The first kappa shape index (κ1) is 26.1. The summed E-state index contributed by atoms with van der Waals surface area (Å²) in [5.41, 5.74) is 1.90. The molecule has 1 fully saturated rings. The van der Waals surface area contributed by atoms with Crippen LogP contribution in [0.1, 0.15) is 83.9 Å². The van der Waals surface area contributed by atoms with Gasteiger partial charge in [-0.15, -0.1) is 0 Å². The molecular weight excluding hydrogens is 422 g/mol. The van der Waals surface area contributed by atoms with E-state index in [4.69, 9.17) is 0 Å². The first-order valence-corrected chi connectivity index (χ1v) is 13.1. The molecule has 1 saturated carbocycles. The zero-order valence-electron chi connectivity index (χ0n) is 21.6. The first-order chi connectivity index (χ1) is 16.3. The molecule has 1 aromatic heterocycles. The highest BCUT2D eigenvalue weighted by molar-refractivity contribution is 5.87. The van der Waals surface area contributed by atoms with Gasteiger partial charge in [0.05, 0.1) is 13.1 Å². The molecular formula is C29H43N3O2. The van der Waals surface area contributed by atoms with Crippen LogP contribution in [0.5, 0.6) is 0 Å². The van der Waals surface area contributed by atoms with Gasteiger partial charge in [0, 0.05) is 36.4 Å². The maximum Gasteiger partial charge on any atom is 0.242 e. The van der Waals surface area contributed by atoms with E-state index in [2.05, 4.69) is 59.0 Å². The number of carbonyl (C=O) groups excluding carboxylic acids is 2. The number of aromatic nitrogens is 1. The van der Waals surface area contributed by atoms with E-state index in [1.165, 1.54) is 24.8 Å². The molecule has 2 aromatic rings. The fourth-order valence-electron chi connectivity index (χ4n) is 4.85. The average molecular weight is 466 g/mol. The molecule has 0 atom stereocenters. The van der Waals surface area contributed by atoms with Crippen molar-refractivity contribution in [2.75, 3.05) is 13.1 Å². The zero-order valence-corrected chi connectivity index (χ0v) is 21.6. The zero-order chi connectivity index (χ0) is 24.6. The topological polar surface area (TPSA) is 45.6 Å². The largest absolute Gasteiger partial charge is 0.345 e. The molecule has 0 bridgehead atoms. The van der Waals surface area contributed by atoms with Crippen molar-refractivity contribution in [2.24, 2.45) is 5.41 Å². The number of unbranched alkanes of at least 4 members (excludes halogenated alkanes) is 1. The fraction of sp³-hybridized carbons (Fsp3) is 0.586. The summed E-state index contributed by atoms with van der Waals surface area (Å²) in [6.45, 7) is 10.1. The Kier molecular flexibility index (Phi) is 9.37. The van der Waals surface area contributed by atoms with E-state index >= 15 is 0 Å². The Balaban J connectivity index is 1.80. The normalized spacial score (nSPS) is 14.7. The van der Waals surface area contributed by atoms with Gasteiger partial charge in [0.25, 0.3) is 0 Å². The summed E-state index contributed by atoms with van der Waals surface area (Å²) >= 11 is 0. The predicted octanol–water partition coefficient (Wildman–Crippen LogP) is 5.87. The Labute approximate surface area is 206 Å². The van der Waals surface area contributed by atoms with E-state index < -0.39 is 5.41 Å². The lowest BCUT2D eigenvalue weighted by atomic mass is 9.93. The maximum atomic E-state index is 13.8. The van der Waals surface area contributed by atoms with Gasteiger partial charge in [0.15, 0.2) is 0 Å². The number of amides is 2.